The molecule has 0 bridgehead atoms. The van der Waals surface area contributed by atoms with Crippen molar-refractivity contribution in [2.24, 2.45) is 0 Å². The molecule has 0 N–H and O–H groups in total. The van der Waals surface area contributed by atoms with E-state index in [9.17, 15) is 0 Å². The Morgan fingerprint density at radius 3 is 2.77 bits per heavy atom. The van der Waals surface area contributed by atoms with Crippen molar-refractivity contribution in [3.63, 3.8) is 0 Å². The van der Waals surface area contributed by atoms with Crippen LogP contribution in [0, 0.1) is 13.8 Å². The molecule has 26 heavy (non-hydrogen) atoms. The van der Waals surface area contributed by atoms with Gasteiger partial charge in [-0.1, -0.05) is 6.07 Å². The van der Waals surface area contributed by atoms with E-state index in [4.69, 9.17) is 0 Å². The SMILES string of the molecule is Cc1cc(C)n(CCCn2cncc2-c2ccc3c(c2)C[C@H](C)N3C)n1. The molecular formula is C21H27N5. The molecule has 5 heteroatoms. The first-order chi connectivity index (χ1) is 12.5. The summed E-state index contributed by atoms with van der Waals surface area (Å²) in [6.07, 6.45) is 6.08. The monoisotopic (exact) mass is 349 g/mol. The highest BCUT2D eigenvalue weighted by Gasteiger charge is 2.23. The summed E-state index contributed by atoms with van der Waals surface area (Å²) < 4.78 is 4.36. The maximum atomic E-state index is 4.55. The van der Waals surface area contributed by atoms with E-state index < -0.39 is 0 Å². The second-order valence-corrected chi connectivity index (χ2v) is 7.48. The van der Waals surface area contributed by atoms with Crippen LogP contribution in [0.4, 0.5) is 5.69 Å². The molecule has 0 fully saturated rings. The number of rotatable bonds is 5. The molecule has 0 spiro atoms. The van der Waals surface area contributed by atoms with Crippen LogP contribution >= 0.6 is 0 Å². The summed E-state index contributed by atoms with van der Waals surface area (Å²) in [5.41, 5.74) is 7.57. The highest BCUT2D eigenvalue weighted by Crippen LogP contribution is 2.34. The molecule has 4 rings (SSSR count). The van der Waals surface area contributed by atoms with Gasteiger partial charge in [-0.25, -0.2) is 4.98 Å². The molecule has 1 atom stereocenters. The molecule has 0 aliphatic carbocycles. The highest BCUT2D eigenvalue weighted by molar-refractivity contribution is 5.69. The molecule has 3 aromatic rings. The van der Waals surface area contributed by atoms with Gasteiger partial charge in [0.15, 0.2) is 0 Å². The van der Waals surface area contributed by atoms with Gasteiger partial charge < -0.3 is 9.47 Å². The predicted molar refractivity (Wildman–Crippen MR) is 106 cm³/mol. The van der Waals surface area contributed by atoms with Crippen LogP contribution in [0.2, 0.25) is 0 Å². The molecule has 5 nitrogen and oxygen atoms in total. The van der Waals surface area contributed by atoms with E-state index in [2.05, 4.69) is 69.4 Å². The van der Waals surface area contributed by atoms with E-state index in [1.807, 2.05) is 19.4 Å². The Labute approximate surface area is 155 Å². The number of aromatic nitrogens is 4. The zero-order valence-electron chi connectivity index (χ0n) is 16.1. The van der Waals surface area contributed by atoms with E-state index in [1.54, 1.807) is 0 Å². The number of hydrogen-bond donors (Lipinski definition) is 0. The molecule has 0 amide bonds. The lowest BCUT2D eigenvalue weighted by Crippen LogP contribution is -2.23. The summed E-state index contributed by atoms with van der Waals surface area (Å²) >= 11 is 0. The molecule has 0 radical (unpaired) electrons. The summed E-state index contributed by atoms with van der Waals surface area (Å²) in [5, 5.41) is 4.55. The largest absolute Gasteiger partial charge is 0.371 e. The Kier molecular flexibility index (Phi) is 4.31. The fourth-order valence-corrected chi connectivity index (χ4v) is 3.98. The molecule has 2 aromatic heterocycles. The zero-order chi connectivity index (χ0) is 18.3. The highest BCUT2D eigenvalue weighted by atomic mass is 15.3. The Morgan fingerprint density at radius 2 is 2.00 bits per heavy atom. The lowest BCUT2D eigenvalue weighted by Gasteiger charge is -2.18. The van der Waals surface area contributed by atoms with Crippen LogP contribution < -0.4 is 4.90 Å². The molecule has 0 saturated heterocycles. The fourth-order valence-electron chi connectivity index (χ4n) is 3.98. The van der Waals surface area contributed by atoms with Crippen LogP contribution in [0.3, 0.4) is 0 Å². The second-order valence-electron chi connectivity index (χ2n) is 7.48. The van der Waals surface area contributed by atoms with Gasteiger partial charge in [-0.2, -0.15) is 5.10 Å². The summed E-state index contributed by atoms with van der Waals surface area (Å²) in [5.74, 6) is 0. The summed E-state index contributed by atoms with van der Waals surface area (Å²) in [6, 6.07) is 9.52. The first kappa shape index (κ1) is 16.9. The number of anilines is 1. The number of nitrogens with zero attached hydrogens (tertiary/aromatic N) is 5. The van der Waals surface area contributed by atoms with E-state index in [0.29, 0.717) is 6.04 Å². The maximum Gasteiger partial charge on any atom is 0.0950 e. The molecule has 1 aliphatic heterocycles. The van der Waals surface area contributed by atoms with Gasteiger partial charge in [-0.15, -0.1) is 0 Å². The van der Waals surface area contributed by atoms with E-state index in [-0.39, 0.29) is 0 Å². The molecule has 1 aromatic carbocycles. The Balaban J connectivity index is 1.49. The third-order valence-corrected chi connectivity index (χ3v) is 5.52. The normalized spacial score (nSPS) is 16.3. The molecular weight excluding hydrogens is 322 g/mol. The Morgan fingerprint density at radius 1 is 1.15 bits per heavy atom. The van der Waals surface area contributed by atoms with E-state index >= 15 is 0 Å². The Bertz CT molecular complexity index is 920. The van der Waals surface area contributed by atoms with E-state index in [0.717, 1.165) is 31.6 Å². The third-order valence-electron chi connectivity index (χ3n) is 5.52. The Hall–Kier alpha value is -2.56. The predicted octanol–water partition coefficient (Wildman–Crippen LogP) is 3.83. The van der Waals surface area contributed by atoms with Gasteiger partial charge in [-0.3, -0.25) is 4.68 Å². The summed E-state index contributed by atoms with van der Waals surface area (Å²) in [6.45, 7) is 8.32. The number of imidazole rings is 1. The summed E-state index contributed by atoms with van der Waals surface area (Å²) in [7, 11) is 2.18. The van der Waals surface area contributed by atoms with Crippen LogP contribution in [-0.4, -0.2) is 32.4 Å². The van der Waals surface area contributed by atoms with Crippen LogP contribution in [-0.2, 0) is 19.5 Å². The van der Waals surface area contributed by atoms with Crippen LogP contribution in [0.15, 0.2) is 36.8 Å². The smallest absolute Gasteiger partial charge is 0.0950 e. The first-order valence-corrected chi connectivity index (χ1v) is 9.40. The van der Waals surface area contributed by atoms with Gasteiger partial charge in [0, 0.05) is 43.1 Å². The lowest BCUT2D eigenvalue weighted by molar-refractivity contribution is 0.518. The zero-order valence-corrected chi connectivity index (χ0v) is 16.1. The average molecular weight is 349 g/mol. The number of hydrogen-bond acceptors (Lipinski definition) is 3. The van der Waals surface area contributed by atoms with Gasteiger partial charge >= 0.3 is 0 Å². The van der Waals surface area contributed by atoms with Gasteiger partial charge in [0.05, 0.1) is 23.9 Å². The van der Waals surface area contributed by atoms with Gasteiger partial charge in [0.1, 0.15) is 0 Å². The van der Waals surface area contributed by atoms with Crippen molar-refractivity contribution in [2.45, 2.75) is 52.7 Å². The number of benzene rings is 1. The van der Waals surface area contributed by atoms with Crippen molar-refractivity contribution >= 4 is 5.69 Å². The minimum Gasteiger partial charge on any atom is -0.371 e. The standard InChI is InChI=1S/C21H27N5/c1-15-10-17(3)26(23-15)9-5-8-25-14-22-13-21(25)18-6-7-20-19(12-18)11-16(2)24(20)4/h6-7,10,12-14,16H,5,8-9,11H2,1-4H3/t16-/m0/s1. The lowest BCUT2D eigenvalue weighted by atomic mass is 10.1. The van der Waals surface area contributed by atoms with Crippen molar-refractivity contribution in [3.05, 3.63) is 53.7 Å². The van der Waals surface area contributed by atoms with Crippen molar-refractivity contribution in [1.29, 1.82) is 0 Å². The van der Waals surface area contributed by atoms with Crippen LogP contribution in [0.25, 0.3) is 11.3 Å². The molecule has 136 valence electrons. The van der Waals surface area contributed by atoms with Gasteiger partial charge in [-0.05, 0) is 57.4 Å². The molecule has 0 saturated carbocycles. The first-order valence-electron chi connectivity index (χ1n) is 9.40. The van der Waals surface area contributed by atoms with Crippen LogP contribution in [0.5, 0.6) is 0 Å². The van der Waals surface area contributed by atoms with Crippen molar-refractivity contribution in [3.8, 4) is 11.3 Å². The van der Waals surface area contributed by atoms with Gasteiger partial charge in [0.25, 0.3) is 0 Å². The molecule has 3 heterocycles. The van der Waals surface area contributed by atoms with Crippen molar-refractivity contribution in [2.75, 3.05) is 11.9 Å². The van der Waals surface area contributed by atoms with Crippen LogP contribution in [0.1, 0.15) is 30.3 Å². The number of aryl methyl sites for hydroxylation is 4. The topological polar surface area (TPSA) is 38.9 Å². The molecule has 1 aliphatic rings. The minimum absolute atomic E-state index is 0.575. The average Bonchev–Trinajstić information content (AvgIpc) is 3.27. The van der Waals surface area contributed by atoms with E-state index in [1.165, 1.54) is 28.2 Å². The number of fused-ring (bicyclic) bond motifs is 1. The van der Waals surface area contributed by atoms with Crippen molar-refractivity contribution < 1.29 is 0 Å². The third kappa shape index (κ3) is 3.02. The second kappa shape index (κ2) is 6.63. The summed E-state index contributed by atoms with van der Waals surface area (Å²) in [4.78, 5) is 6.77. The van der Waals surface area contributed by atoms with Gasteiger partial charge in [0.2, 0.25) is 0 Å². The fraction of sp³-hybridized carbons (Fsp3) is 0.429. The molecule has 0 unspecified atom stereocenters. The quantitative estimate of drug-likeness (QED) is 0.703. The minimum atomic E-state index is 0.575. The van der Waals surface area contributed by atoms with Crippen molar-refractivity contribution in [1.82, 2.24) is 19.3 Å². The maximum absolute atomic E-state index is 4.55. The number of likely N-dealkylation sites (N-methyl/N-ethyl adjacent to an activating group) is 1.